The van der Waals surface area contributed by atoms with Crippen molar-refractivity contribution in [3.63, 3.8) is 0 Å². The topological polar surface area (TPSA) is 101 Å². The summed E-state index contributed by atoms with van der Waals surface area (Å²) in [6.45, 7) is 1.29. The zero-order chi connectivity index (χ0) is 24.9. The van der Waals surface area contributed by atoms with Crippen molar-refractivity contribution in [3.8, 4) is 0 Å². The summed E-state index contributed by atoms with van der Waals surface area (Å²) in [6, 6.07) is 21.5. The zero-order valence-electron chi connectivity index (χ0n) is 19.3. The second-order valence-corrected chi connectivity index (χ2v) is 8.55. The molecule has 4 aromatic carbocycles. The van der Waals surface area contributed by atoms with Crippen molar-refractivity contribution in [1.82, 2.24) is 10.6 Å². The van der Waals surface area contributed by atoms with E-state index in [9.17, 15) is 18.8 Å². The first-order valence-electron chi connectivity index (χ1n) is 11.3. The molecule has 0 saturated heterocycles. The van der Waals surface area contributed by atoms with E-state index in [4.69, 9.17) is 5.73 Å². The van der Waals surface area contributed by atoms with E-state index in [1.54, 1.807) is 6.07 Å². The first-order chi connectivity index (χ1) is 16.8. The van der Waals surface area contributed by atoms with E-state index >= 15 is 0 Å². The highest BCUT2D eigenvalue weighted by Gasteiger charge is 2.26. The van der Waals surface area contributed by atoms with Crippen LogP contribution in [-0.4, -0.2) is 29.8 Å². The molecule has 0 aliphatic rings. The molecule has 0 unspecified atom stereocenters. The fourth-order valence-electron chi connectivity index (χ4n) is 4.38. The van der Waals surface area contributed by atoms with Gasteiger partial charge in [0.15, 0.2) is 0 Å². The van der Waals surface area contributed by atoms with Crippen molar-refractivity contribution in [2.75, 3.05) is 0 Å². The van der Waals surface area contributed by atoms with Crippen molar-refractivity contribution in [2.45, 2.75) is 31.8 Å². The third-order valence-electron chi connectivity index (χ3n) is 5.97. The average Bonchev–Trinajstić information content (AvgIpc) is 2.82. The van der Waals surface area contributed by atoms with E-state index in [0.29, 0.717) is 5.56 Å². The van der Waals surface area contributed by atoms with Gasteiger partial charge in [-0.2, -0.15) is 0 Å². The van der Waals surface area contributed by atoms with Gasteiger partial charge in [0.2, 0.25) is 17.7 Å². The number of primary amides is 1. The molecule has 0 aliphatic heterocycles. The van der Waals surface area contributed by atoms with Gasteiger partial charge in [0.25, 0.3) is 0 Å². The Hall–Kier alpha value is -4.26. The van der Waals surface area contributed by atoms with E-state index in [0.717, 1.165) is 27.1 Å². The molecule has 0 heterocycles. The van der Waals surface area contributed by atoms with Crippen molar-refractivity contribution < 1.29 is 18.8 Å². The summed E-state index contributed by atoms with van der Waals surface area (Å²) in [5.74, 6) is -2.12. The van der Waals surface area contributed by atoms with Gasteiger partial charge >= 0.3 is 0 Å². The van der Waals surface area contributed by atoms with Gasteiger partial charge in [-0.25, -0.2) is 4.39 Å². The van der Waals surface area contributed by atoms with Gasteiger partial charge in [-0.05, 0) is 50.9 Å². The van der Waals surface area contributed by atoms with Gasteiger partial charge < -0.3 is 16.4 Å². The lowest BCUT2D eigenvalue weighted by Crippen LogP contribution is -2.54. The molecule has 6 nitrogen and oxygen atoms in total. The molecule has 3 amide bonds. The maximum atomic E-state index is 13.6. The van der Waals surface area contributed by atoms with Crippen LogP contribution in [-0.2, 0) is 27.2 Å². The largest absolute Gasteiger partial charge is 0.368 e. The Morgan fingerprint density at radius 3 is 2.00 bits per heavy atom. The van der Waals surface area contributed by atoms with E-state index in [1.165, 1.54) is 25.1 Å². The van der Waals surface area contributed by atoms with Crippen LogP contribution in [0.2, 0.25) is 0 Å². The fraction of sp³-hybridized carbons (Fsp3) is 0.179. The number of amides is 3. The molecule has 0 aromatic heterocycles. The number of carbonyl (C=O) groups is 3. The Morgan fingerprint density at radius 2 is 1.43 bits per heavy atom. The molecule has 7 heteroatoms. The number of fused-ring (bicyclic) bond motifs is 2. The lowest BCUT2D eigenvalue weighted by Gasteiger charge is -2.23. The van der Waals surface area contributed by atoms with E-state index < -0.39 is 35.6 Å². The number of hydrogen-bond donors (Lipinski definition) is 3. The molecule has 0 spiro atoms. The van der Waals surface area contributed by atoms with Gasteiger partial charge in [-0.3, -0.25) is 14.4 Å². The van der Waals surface area contributed by atoms with Crippen molar-refractivity contribution in [3.05, 3.63) is 95.8 Å². The van der Waals surface area contributed by atoms with E-state index in [2.05, 4.69) is 16.7 Å². The molecule has 4 N–H and O–H groups in total. The van der Waals surface area contributed by atoms with Gasteiger partial charge in [0, 0.05) is 19.8 Å². The highest BCUT2D eigenvalue weighted by atomic mass is 19.1. The number of benzene rings is 4. The maximum absolute atomic E-state index is 13.6. The van der Waals surface area contributed by atoms with Crippen molar-refractivity contribution in [2.24, 2.45) is 5.73 Å². The molecule has 0 radical (unpaired) electrons. The van der Waals surface area contributed by atoms with Gasteiger partial charge in [-0.1, -0.05) is 60.7 Å². The first-order valence-corrected chi connectivity index (χ1v) is 11.3. The van der Waals surface area contributed by atoms with E-state index in [1.807, 2.05) is 48.5 Å². The molecular weight excluding hydrogens is 445 g/mol. The molecule has 0 fully saturated rings. The standard InChI is InChI=1S/C28H26FN3O3/c1-17(33)31-26(14-18-7-6-10-21(29)13-18)28(35)32-25(27(30)34)16-24-22-11-4-2-8-19(22)15-20-9-3-5-12-23(20)24/h2-13,15,25-26H,14,16H2,1H3,(H2,30,34)(H,31,33)(H,32,35)/t25-,26+/m0/s1. The molecule has 0 saturated carbocycles. The first kappa shape index (κ1) is 23.9. The van der Waals surface area contributed by atoms with Gasteiger partial charge in [-0.15, -0.1) is 0 Å². The quantitative estimate of drug-likeness (QED) is 0.343. The number of rotatable bonds is 8. The monoisotopic (exact) mass is 471 g/mol. The highest BCUT2D eigenvalue weighted by molar-refractivity contribution is 6.03. The third kappa shape index (κ3) is 5.63. The highest BCUT2D eigenvalue weighted by Crippen LogP contribution is 2.29. The lowest BCUT2D eigenvalue weighted by atomic mass is 9.92. The average molecular weight is 472 g/mol. The second-order valence-electron chi connectivity index (χ2n) is 8.55. The summed E-state index contributed by atoms with van der Waals surface area (Å²) in [5, 5.41) is 9.25. The van der Waals surface area contributed by atoms with Gasteiger partial charge in [0.05, 0.1) is 0 Å². The van der Waals surface area contributed by atoms with Crippen LogP contribution in [0.25, 0.3) is 21.5 Å². The molecule has 178 valence electrons. The van der Waals surface area contributed by atoms with Crippen LogP contribution in [0.15, 0.2) is 78.9 Å². The lowest BCUT2D eigenvalue weighted by molar-refractivity contribution is -0.130. The fourth-order valence-corrected chi connectivity index (χ4v) is 4.38. The summed E-state index contributed by atoms with van der Waals surface area (Å²) in [6.07, 6.45) is 0.238. The number of nitrogens with one attached hydrogen (secondary N) is 2. The molecule has 4 aromatic rings. The van der Waals surface area contributed by atoms with Crippen LogP contribution in [0.3, 0.4) is 0 Å². The molecule has 0 aliphatic carbocycles. The SMILES string of the molecule is CC(=O)N[C@H](Cc1cccc(F)c1)C(=O)N[C@@H](Cc1c2ccccc2cc2ccccc12)C(N)=O. The minimum absolute atomic E-state index is 0.0614. The van der Waals surface area contributed by atoms with Crippen LogP contribution in [0.5, 0.6) is 0 Å². The summed E-state index contributed by atoms with van der Waals surface area (Å²) in [4.78, 5) is 37.4. The van der Waals surface area contributed by atoms with Crippen LogP contribution < -0.4 is 16.4 Å². The maximum Gasteiger partial charge on any atom is 0.243 e. The number of halogens is 1. The Balaban J connectivity index is 1.64. The number of hydrogen-bond acceptors (Lipinski definition) is 3. The summed E-state index contributed by atoms with van der Waals surface area (Å²) >= 11 is 0. The smallest absolute Gasteiger partial charge is 0.243 e. The Morgan fingerprint density at radius 1 is 0.800 bits per heavy atom. The van der Waals surface area contributed by atoms with Crippen LogP contribution in [0.1, 0.15) is 18.1 Å². The van der Waals surface area contributed by atoms with E-state index in [-0.39, 0.29) is 12.8 Å². The van der Waals surface area contributed by atoms with Crippen molar-refractivity contribution >= 4 is 39.3 Å². The second kappa shape index (κ2) is 10.3. The summed E-state index contributed by atoms with van der Waals surface area (Å²) < 4.78 is 13.6. The van der Waals surface area contributed by atoms with Crippen LogP contribution >= 0.6 is 0 Å². The minimum Gasteiger partial charge on any atom is -0.368 e. The molecule has 35 heavy (non-hydrogen) atoms. The minimum atomic E-state index is -1.01. The van der Waals surface area contributed by atoms with Crippen molar-refractivity contribution in [1.29, 1.82) is 0 Å². The molecule has 0 bridgehead atoms. The molecule has 2 atom stereocenters. The van der Waals surface area contributed by atoms with Crippen LogP contribution in [0.4, 0.5) is 4.39 Å². The van der Waals surface area contributed by atoms with Gasteiger partial charge in [0.1, 0.15) is 17.9 Å². The summed E-state index contributed by atoms with van der Waals surface area (Å²) in [7, 11) is 0. The Bertz CT molecular complexity index is 1370. The Kier molecular flexibility index (Phi) is 7.06. The Labute approximate surface area is 202 Å². The normalized spacial score (nSPS) is 12.7. The zero-order valence-corrected chi connectivity index (χ0v) is 19.3. The summed E-state index contributed by atoms with van der Waals surface area (Å²) in [5.41, 5.74) is 7.13. The predicted molar refractivity (Wildman–Crippen MR) is 134 cm³/mol. The number of carbonyl (C=O) groups excluding carboxylic acids is 3. The predicted octanol–water partition coefficient (Wildman–Crippen LogP) is 3.39. The van der Waals surface area contributed by atoms with Crippen LogP contribution in [0, 0.1) is 5.82 Å². The molecular formula is C28H26FN3O3. The number of nitrogens with two attached hydrogens (primary N) is 1. The third-order valence-corrected chi connectivity index (χ3v) is 5.97. The molecule has 4 rings (SSSR count).